The third-order valence-electron chi connectivity index (χ3n) is 3.79. The van der Waals surface area contributed by atoms with Gasteiger partial charge in [-0.25, -0.2) is 0 Å². The van der Waals surface area contributed by atoms with Crippen LogP contribution in [0.5, 0.6) is 5.75 Å². The van der Waals surface area contributed by atoms with Crippen LogP contribution in [0.25, 0.3) is 0 Å². The van der Waals surface area contributed by atoms with Gasteiger partial charge in [0.1, 0.15) is 11.8 Å². The van der Waals surface area contributed by atoms with Gasteiger partial charge in [0.2, 0.25) is 0 Å². The van der Waals surface area contributed by atoms with Gasteiger partial charge in [-0.05, 0) is 51.0 Å². The van der Waals surface area contributed by atoms with Gasteiger partial charge >= 0.3 is 0 Å². The highest BCUT2D eigenvalue weighted by molar-refractivity contribution is 5.77. The van der Waals surface area contributed by atoms with Crippen molar-refractivity contribution in [3.63, 3.8) is 0 Å². The van der Waals surface area contributed by atoms with Crippen LogP contribution in [0.4, 0.5) is 0 Å². The maximum absolute atomic E-state index is 11.8. The summed E-state index contributed by atoms with van der Waals surface area (Å²) in [6, 6.07) is 8.97. The number of rotatable bonds is 5. The van der Waals surface area contributed by atoms with Crippen molar-refractivity contribution in [2.24, 2.45) is 5.92 Å². The molecule has 1 aromatic rings. The summed E-state index contributed by atoms with van der Waals surface area (Å²) >= 11 is 0. The first-order valence-electron chi connectivity index (χ1n) is 7.26. The van der Waals surface area contributed by atoms with Crippen molar-refractivity contribution in [3.05, 3.63) is 29.8 Å². The summed E-state index contributed by atoms with van der Waals surface area (Å²) in [6.45, 7) is 2.83. The fourth-order valence-electron chi connectivity index (χ4n) is 2.40. The zero-order valence-electron chi connectivity index (χ0n) is 12.3. The minimum Gasteiger partial charge on any atom is -0.482 e. The maximum Gasteiger partial charge on any atom is 0.257 e. The van der Waals surface area contributed by atoms with E-state index in [1.807, 2.05) is 6.07 Å². The normalized spacial score (nSPS) is 16.2. The van der Waals surface area contributed by atoms with Crippen molar-refractivity contribution in [2.45, 2.75) is 12.8 Å². The van der Waals surface area contributed by atoms with Crippen LogP contribution in [0.15, 0.2) is 24.3 Å². The average Bonchev–Trinajstić information content (AvgIpc) is 2.52. The number of carbonyl (C=O) groups excluding carboxylic acids is 1. The topological polar surface area (TPSA) is 65.4 Å². The highest BCUT2D eigenvalue weighted by atomic mass is 16.5. The van der Waals surface area contributed by atoms with Crippen LogP contribution in [0.3, 0.4) is 0 Å². The van der Waals surface area contributed by atoms with E-state index in [1.165, 1.54) is 0 Å². The standard InChI is InChI=1S/C16H21N3O2/c1-19-8-6-13(7-9-19)11-18-16(20)12-21-15-5-3-2-4-14(15)10-17/h2-5,13H,6-9,11-12H2,1H3,(H,18,20). The summed E-state index contributed by atoms with van der Waals surface area (Å²) in [7, 11) is 2.12. The minimum atomic E-state index is -0.137. The number of likely N-dealkylation sites (tertiary alicyclic amines) is 1. The van der Waals surface area contributed by atoms with Crippen LogP contribution < -0.4 is 10.1 Å². The van der Waals surface area contributed by atoms with Crippen LogP contribution in [0.1, 0.15) is 18.4 Å². The van der Waals surface area contributed by atoms with Crippen LogP contribution in [0.2, 0.25) is 0 Å². The lowest BCUT2D eigenvalue weighted by atomic mass is 9.97. The lowest BCUT2D eigenvalue weighted by molar-refractivity contribution is -0.123. The molecular formula is C16H21N3O2. The molecule has 0 aliphatic carbocycles. The maximum atomic E-state index is 11.8. The second kappa shape index (κ2) is 7.65. The van der Waals surface area contributed by atoms with Crippen LogP contribution in [0, 0.1) is 17.2 Å². The molecule has 21 heavy (non-hydrogen) atoms. The molecule has 0 spiro atoms. The van der Waals surface area contributed by atoms with Crippen LogP contribution in [-0.4, -0.2) is 44.1 Å². The van der Waals surface area contributed by atoms with Gasteiger partial charge < -0.3 is 15.0 Å². The highest BCUT2D eigenvalue weighted by Crippen LogP contribution is 2.16. The monoisotopic (exact) mass is 287 g/mol. The SMILES string of the molecule is CN1CCC(CNC(=O)COc2ccccc2C#N)CC1. The van der Waals surface area contributed by atoms with Crippen molar-refractivity contribution in [1.29, 1.82) is 5.26 Å². The van der Waals surface area contributed by atoms with Crippen molar-refractivity contribution >= 4 is 5.91 Å². The number of ether oxygens (including phenoxy) is 1. The van der Waals surface area contributed by atoms with Crippen LogP contribution >= 0.6 is 0 Å². The fraction of sp³-hybridized carbons (Fsp3) is 0.500. The van der Waals surface area contributed by atoms with Gasteiger partial charge in [-0.3, -0.25) is 4.79 Å². The third-order valence-corrected chi connectivity index (χ3v) is 3.79. The van der Waals surface area contributed by atoms with Crippen molar-refractivity contribution in [2.75, 3.05) is 33.3 Å². The molecule has 1 aliphatic rings. The Kier molecular flexibility index (Phi) is 5.59. The predicted octanol–water partition coefficient (Wildman–Crippen LogP) is 1.40. The van der Waals surface area contributed by atoms with Crippen molar-refractivity contribution < 1.29 is 9.53 Å². The molecule has 1 aromatic carbocycles. The molecule has 0 unspecified atom stereocenters. The molecule has 1 fully saturated rings. The Hall–Kier alpha value is -2.06. The van der Waals surface area contributed by atoms with Gasteiger partial charge in [0.15, 0.2) is 6.61 Å². The molecule has 5 heteroatoms. The minimum absolute atomic E-state index is 0.0503. The summed E-state index contributed by atoms with van der Waals surface area (Å²) in [5.74, 6) is 0.868. The Balaban J connectivity index is 1.71. The quantitative estimate of drug-likeness (QED) is 0.889. The molecular weight excluding hydrogens is 266 g/mol. The average molecular weight is 287 g/mol. The van der Waals surface area contributed by atoms with E-state index >= 15 is 0 Å². The number of nitrogens with zero attached hydrogens (tertiary/aromatic N) is 2. The number of benzene rings is 1. The Morgan fingerprint density at radius 1 is 1.43 bits per heavy atom. The second-order valence-corrected chi connectivity index (χ2v) is 5.45. The first kappa shape index (κ1) is 15.3. The van der Waals surface area contributed by atoms with E-state index in [9.17, 15) is 4.79 Å². The highest BCUT2D eigenvalue weighted by Gasteiger charge is 2.17. The molecule has 5 nitrogen and oxygen atoms in total. The number of piperidine rings is 1. The first-order valence-corrected chi connectivity index (χ1v) is 7.26. The third kappa shape index (κ3) is 4.76. The van der Waals surface area contributed by atoms with Gasteiger partial charge in [0, 0.05) is 6.54 Å². The summed E-state index contributed by atoms with van der Waals surface area (Å²) in [6.07, 6.45) is 2.24. The molecule has 1 amide bonds. The number of amides is 1. The van der Waals surface area contributed by atoms with Crippen LogP contribution in [-0.2, 0) is 4.79 Å². The van der Waals surface area contributed by atoms with E-state index in [1.54, 1.807) is 24.3 Å². The Labute approximate surface area is 125 Å². The number of nitrogens with one attached hydrogen (secondary N) is 1. The molecule has 2 rings (SSSR count). The van der Waals surface area contributed by atoms with E-state index in [0.717, 1.165) is 25.9 Å². The molecule has 1 saturated heterocycles. The smallest absolute Gasteiger partial charge is 0.257 e. The van der Waals surface area contributed by atoms with Gasteiger partial charge in [-0.15, -0.1) is 0 Å². The van der Waals surface area contributed by atoms with Crippen molar-refractivity contribution in [1.82, 2.24) is 10.2 Å². The molecule has 0 atom stereocenters. The van der Waals surface area contributed by atoms with E-state index < -0.39 is 0 Å². The van der Waals surface area contributed by atoms with E-state index in [0.29, 0.717) is 23.8 Å². The second-order valence-electron chi connectivity index (χ2n) is 5.45. The lowest BCUT2D eigenvalue weighted by Gasteiger charge is -2.28. The number of hydrogen-bond donors (Lipinski definition) is 1. The Morgan fingerprint density at radius 2 is 2.14 bits per heavy atom. The molecule has 1 heterocycles. The number of hydrogen-bond acceptors (Lipinski definition) is 4. The van der Waals surface area contributed by atoms with Gasteiger partial charge in [-0.2, -0.15) is 5.26 Å². The van der Waals surface area contributed by atoms with Crippen molar-refractivity contribution in [3.8, 4) is 11.8 Å². The largest absolute Gasteiger partial charge is 0.482 e. The summed E-state index contributed by atoms with van der Waals surface area (Å²) < 4.78 is 5.40. The van der Waals surface area contributed by atoms with Gasteiger partial charge in [-0.1, -0.05) is 12.1 Å². The first-order chi connectivity index (χ1) is 10.2. The zero-order chi connectivity index (χ0) is 15.1. The number of carbonyl (C=O) groups is 1. The van der Waals surface area contributed by atoms with Gasteiger partial charge in [0.05, 0.1) is 5.56 Å². The van der Waals surface area contributed by atoms with Gasteiger partial charge in [0.25, 0.3) is 5.91 Å². The molecule has 1 aliphatic heterocycles. The fourth-order valence-corrected chi connectivity index (χ4v) is 2.40. The lowest BCUT2D eigenvalue weighted by Crippen LogP contribution is -2.38. The number of nitriles is 1. The molecule has 1 N–H and O–H groups in total. The summed E-state index contributed by atoms with van der Waals surface area (Å²) in [5, 5.41) is 11.9. The summed E-state index contributed by atoms with van der Waals surface area (Å²) in [4.78, 5) is 14.1. The van der Waals surface area contributed by atoms with E-state index in [-0.39, 0.29) is 12.5 Å². The molecule has 0 saturated carbocycles. The molecule has 0 bridgehead atoms. The molecule has 0 radical (unpaired) electrons. The van der Waals surface area contributed by atoms with E-state index in [4.69, 9.17) is 10.00 Å². The Bertz CT molecular complexity index is 516. The molecule has 112 valence electrons. The predicted molar refractivity (Wildman–Crippen MR) is 79.9 cm³/mol. The summed E-state index contributed by atoms with van der Waals surface area (Å²) in [5.41, 5.74) is 0.445. The molecule has 0 aromatic heterocycles. The van der Waals surface area contributed by atoms with E-state index in [2.05, 4.69) is 17.3 Å². The Morgan fingerprint density at radius 3 is 2.86 bits per heavy atom. The number of para-hydroxylation sites is 1. The zero-order valence-corrected chi connectivity index (χ0v) is 12.3.